The van der Waals surface area contributed by atoms with Crippen LogP contribution in [0.2, 0.25) is 0 Å². The number of carbonyl (C=O) groups excluding carboxylic acids is 1. The Morgan fingerprint density at radius 3 is 1.58 bits per heavy atom. The van der Waals surface area contributed by atoms with Crippen LogP contribution in [0.3, 0.4) is 0 Å². The first-order chi connectivity index (χ1) is 36.5. The molecule has 31 atom stereocenters. The van der Waals surface area contributed by atoms with Crippen molar-refractivity contribution in [1.82, 2.24) is 0 Å². The molecule has 77 heavy (non-hydrogen) atoms. The fraction of sp³-hybridized carbons (Fsp3) is 0.940. The van der Waals surface area contributed by atoms with Crippen LogP contribution < -0.4 is 0 Å². The molecule has 0 radical (unpaired) electrons. The van der Waals surface area contributed by atoms with Crippen LogP contribution in [0.5, 0.6) is 0 Å². The molecular weight excluding hydrogens is 1030 g/mol. The molecule has 0 bridgehead atoms. The normalized spacial score (nSPS) is 52.7. The summed E-state index contributed by atoms with van der Waals surface area (Å²) in [6.45, 7) is 4.40. The summed E-state index contributed by atoms with van der Waals surface area (Å²) in [6, 6.07) is 0. The van der Waals surface area contributed by atoms with Crippen molar-refractivity contribution in [3.63, 3.8) is 0 Å². The summed E-state index contributed by atoms with van der Waals surface area (Å²) >= 11 is 0. The molecule has 4 aliphatic carbocycles. The van der Waals surface area contributed by atoms with Crippen LogP contribution in [0.25, 0.3) is 0 Å². The molecule has 27 nitrogen and oxygen atoms in total. The van der Waals surface area contributed by atoms with E-state index in [0.717, 1.165) is 0 Å². The van der Waals surface area contributed by atoms with Gasteiger partial charge in [0, 0.05) is 12.5 Å². The molecule has 0 aromatic rings. The molecule has 444 valence electrons. The number of hydrogen-bond donors (Lipinski definition) is 17. The maximum absolute atomic E-state index is 15.2. The largest absolute Gasteiger partial charge is 0.432 e. The highest BCUT2D eigenvalue weighted by Crippen LogP contribution is 2.64. The Morgan fingerprint density at radius 2 is 1.03 bits per heavy atom. The van der Waals surface area contributed by atoms with Gasteiger partial charge in [-0.1, -0.05) is 19.9 Å². The number of esters is 1. The van der Waals surface area contributed by atoms with Crippen LogP contribution in [-0.4, -0.2) is 279 Å². The predicted octanol–water partition coefficient (Wildman–Crippen LogP) is -6.77. The minimum atomic E-state index is -2.00. The Morgan fingerprint density at radius 1 is 0.519 bits per heavy atom. The first kappa shape index (κ1) is 61.3. The van der Waals surface area contributed by atoms with Gasteiger partial charge in [-0.25, -0.2) is 0 Å². The molecule has 0 aromatic heterocycles. The predicted molar refractivity (Wildman–Crippen MR) is 252 cm³/mol. The van der Waals surface area contributed by atoms with Crippen LogP contribution in [-0.2, 0) is 47.4 Å². The number of fused-ring (bicyclic) bond motifs is 3. The minimum Gasteiger partial charge on any atom is -0.432 e. The van der Waals surface area contributed by atoms with E-state index in [0.29, 0.717) is 56.9 Å². The SMILES string of the molecule is C=C1CC2CCC3[C@](C)(C(=O)OC4OC(CO)C(O)C(OC5OC(CO)C(O)C(O)C5O)C4OC4CC(CO)C(O)C(O)C4O)CCC[C@@]3(C)[C@@H]2CCC1OC1OC(CO)C(O)C(OC2OC(CO)C(O)C(O)C2O)C1O. The number of ether oxygens (including phenoxy) is 9. The molecule has 8 rings (SSSR count). The van der Waals surface area contributed by atoms with Gasteiger partial charge in [0.15, 0.2) is 18.9 Å². The van der Waals surface area contributed by atoms with E-state index in [4.69, 9.17) is 42.6 Å². The molecule has 0 spiro atoms. The van der Waals surface area contributed by atoms with Crippen molar-refractivity contribution in [2.24, 2.45) is 34.5 Å². The molecule has 4 aliphatic heterocycles. The average molecular weight is 1120 g/mol. The van der Waals surface area contributed by atoms with Gasteiger partial charge in [-0.15, -0.1) is 0 Å². The van der Waals surface area contributed by atoms with Crippen molar-refractivity contribution in [1.29, 1.82) is 0 Å². The topological polar surface area (TPSA) is 444 Å². The molecule has 0 amide bonds. The van der Waals surface area contributed by atoms with Gasteiger partial charge in [0.2, 0.25) is 6.29 Å². The number of aliphatic hydroxyl groups excluding tert-OH is 17. The standard InChI is InChI=1S/C50H82O27/c1-18-11-19-5-8-28-49(2,21(19)6-7-22(18)70-46-40(67)41(33(60)26(16-54)73-46)75-44-38(65)36(63)31(58)24(14-52)71-44)9-4-10-50(28,3)48(68)77-47-43(69-23-12-20(13-51)29(56)35(62)30(23)57)42(34(61)27(17-55)74-47)76-45-39(66)37(64)32(59)25(15-53)72-45/h19-47,51-67H,1,4-17H2,2-3H3/t19?,20?,21-,22?,23?,24?,25?,26?,27?,28?,29?,30?,31?,32?,33?,34?,35?,36?,37?,38?,39?,40?,41?,42?,43?,44?,45?,46?,47?,49+,50-/m1/s1. The van der Waals surface area contributed by atoms with Crippen LogP contribution >= 0.6 is 0 Å². The van der Waals surface area contributed by atoms with Gasteiger partial charge in [-0.05, 0) is 87.0 Å². The molecule has 0 aromatic carbocycles. The second kappa shape index (κ2) is 25.0. The number of aliphatic hydroxyl groups is 17. The third-order valence-corrected chi connectivity index (χ3v) is 18.5. The van der Waals surface area contributed by atoms with E-state index >= 15 is 4.79 Å². The second-order valence-electron chi connectivity index (χ2n) is 23.1. The van der Waals surface area contributed by atoms with Gasteiger partial charge >= 0.3 is 5.97 Å². The molecule has 27 heteroatoms. The number of carbonyl (C=O) groups is 1. The van der Waals surface area contributed by atoms with Crippen molar-refractivity contribution in [3.8, 4) is 0 Å². The summed E-state index contributed by atoms with van der Waals surface area (Å²) < 4.78 is 53.9. The van der Waals surface area contributed by atoms with E-state index in [1.807, 2.05) is 0 Å². The van der Waals surface area contributed by atoms with E-state index < -0.39 is 209 Å². The number of rotatable bonds is 15. The van der Waals surface area contributed by atoms with Gasteiger partial charge in [0.1, 0.15) is 110 Å². The zero-order valence-electron chi connectivity index (χ0n) is 43.0. The Balaban J connectivity index is 1.01. The fourth-order valence-electron chi connectivity index (χ4n) is 14.0. The van der Waals surface area contributed by atoms with Gasteiger partial charge in [0.05, 0.1) is 50.2 Å². The quantitative estimate of drug-likeness (QED) is 0.0535. The number of hydrogen-bond acceptors (Lipinski definition) is 27. The summed E-state index contributed by atoms with van der Waals surface area (Å²) in [7, 11) is 0. The van der Waals surface area contributed by atoms with Crippen molar-refractivity contribution < 1.29 is 134 Å². The lowest BCUT2D eigenvalue weighted by molar-refractivity contribution is -0.368. The smallest absolute Gasteiger partial charge is 0.314 e. The summed E-state index contributed by atoms with van der Waals surface area (Å²) in [5.41, 5.74) is -1.08. The maximum Gasteiger partial charge on any atom is 0.314 e. The molecule has 17 N–H and O–H groups in total. The van der Waals surface area contributed by atoms with Crippen LogP contribution in [0, 0.1) is 34.5 Å². The first-order valence-corrected chi connectivity index (χ1v) is 26.8. The zero-order chi connectivity index (χ0) is 56.2. The van der Waals surface area contributed by atoms with E-state index in [9.17, 15) is 86.8 Å². The molecule has 4 saturated heterocycles. The minimum absolute atomic E-state index is 0.0354. The van der Waals surface area contributed by atoms with Crippen LogP contribution in [0.15, 0.2) is 12.2 Å². The molecular formula is C50H82O27. The van der Waals surface area contributed by atoms with Crippen molar-refractivity contribution in [2.75, 3.05) is 33.0 Å². The lowest BCUT2D eigenvalue weighted by Gasteiger charge is -2.59. The summed E-state index contributed by atoms with van der Waals surface area (Å²) in [5, 5.41) is 181. The first-order valence-electron chi connectivity index (χ1n) is 26.8. The summed E-state index contributed by atoms with van der Waals surface area (Å²) in [6.07, 6.45) is -38.0. The van der Waals surface area contributed by atoms with Crippen LogP contribution in [0.1, 0.15) is 71.6 Å². The summed E-state index contributed by atoms with van der Waals surface area (Å²) in [5.74, 6) is -2.11. The van der Waals surface area contributed by atoms with Gasteiger partial charge < -0.3 is 129 Å². The Bertz CT molecular complexity index is 1950. The molecule has 4 saturated carbocycles. The van der Waals surface area contributed by atoms with Gasteiger partial charge in [-0.3, -0.25) is 4.79 Å². The van der Waals surface area contributed by atoms with Gasteiger partial charge in [-0.2, -0.15) is 0 Å². The maximum atomic E-state index is 15.2. The third kappa shape index (κ3) is 11.7. The Hall–Kier alpha value is -1.79. The van der Waals surface area contributed by atoms with E-state index in [1.165, 1.54) is 0 Å². The lowest BCUT2D eigenvalue weighted by Crippen LogP contribution is -2.67. The van der Waals surface area contributed by atoms with E-state index in [2.05, 4.69) is 13.5 Å². The van der Waals surface area contributed by atoms with Crippen molar-refractivity contribution in [3.05, 3.63) is 12.2 Å². The Kier molecular flexibility index (Phi) is 19.9. The zero-order valence-corrected chi connectivity index (χ0v) is 43.0. The molecule has 28 unspecified atom stereocenters. The average Bonchev–Trinajstić information content (AvgIpc) is 3.73. The third-order valence-electron chi connectivity index (χ3n) is 18.5. The Labute approximate surface area is 444 Å². The highest BCUT2D eigenvalue weighted by Gasteiger charge is 2.62. The van der Waals surface area contributed by atoms with E-state index in [-0.39, 0.29) is 24.2 Å². The van der Waals surface area contributed by atoms with Gasteiger partial charge in [0.25, 0.3) is 0 Å². The fourth-order valence-corrected chi connectivity index (χ4v) is 14.0. The second-order valence-corrected chi connectivity index (χ2v) is 23.1. The van der Waals surface area contributed by atoms with Crippen molar-refractivity contribution in [2.45, 2.75) is 225 Å². The van der Waals surface area contributed by atoms with Crippen LogP contribution in [0.4, 0.5) is 0 Å². The highest BCUT2D eigenvalue weighted by molar-refractivity contribution is 5.77. The highest BCUT2D eigenvalue weighted by atomic mass is 16.8. The summed E-state index contributed by atoms with van der Waals surface area (Å²) in [4.78, 5) is 15.2. The lowest BCUT2D eigenvalue weighted by atomic mass is 9.45. The monoisotopic (exact) mass is 1110 g/mol. The van der Waals surface area contributed by atoms with E-state index in [1.54, 1.807) is 6.92 Å². The molecule has 8 aliphatic rings. The molecule has 8 fully saturated rings. The molecule has 4 heterocycles. The van der Waals surface area contributed by atoms with Crippen molar-refractivity contribution >= 4 is 5.97 Å².